The summed E-state index contributed by atoms with van der Waals surface area (Å²) in [5, 5.41) is 7.17. The molecule has 128 valence electrons. The predicted octanol–water partition coefficient (Wildman–Crippen LogP) is 1.78. The zero-order valence-corrected chi connectivity index (χ0v) is 14.2. The van der Waals surface area contributed by atoms with Crippen molar-refractivity contribution in [3.63, 3.8) is 0 Å². The zero-order valence-electron chi connectivity index (χ0n) is 14.2. The van der Waals surface area contributed by atoms with E-state index in [-0.39, 0.29) is 17.5 Å². The van der Waals surface area contributed by atoms with E-state index in [1.165, 1.54) is 25.0 Å². The number of rotatable bonds is 6. The van der Waals surface area contributed by atoms with E-state index in [1.54, 1.807) is 23.7 Å². The summed E-state index contributed by atoms with van der Waals surface area (Å²) in [5.74, 6) is 0.769. The van der Waals surface area contributed by atoms with Crippen molar-refractivity contribution in [1.29, 1.82) is 0 Å². The van der Waals surface area contributed by atoms with Crippen LogP contribution in [-0.2, 0) is 0 Å². The van der Waals surface area contributed by atoms with Gasteiger partial charge in [0, 0.05) is 12.6 Å². The third-order valence-electron chi connectivity index (χ3n) is 4.34. The van der Waals surface area contributed by atoms with E-state index >= 15 is 0 Å². The van der Waals surface area contributed by atoms with Crippen molar-refractivity contribution in [1.82, 2.24) is 25.0 Å². The molecule has 1 aliphatic carbocycles. The molecule has 0 spiro atoms. The van der Waals surface area contributed by atoms with Gasteiger partial charge in [0.05, 0.1) is 5.69 Å². The topological polar surface area (TPSA) is 63.1 Å². The Morgan fingerprint density at radius 1 is 1.38 bits per heavy atom. The van der Waals surface area contributed by atoms with Gasteiger partial charge in [0.25, 0.3) is 5.91 Å². The van der Waals surface area contributed by atoms with Gasteiger partial charge in [-0.15, -0.1) is 5.10 Å². The van der Waals surface area contributed by atoms with E-state index in [2.05, 4.69) is 20.3 Å². The molecular formula is C17H22FN5O. The average molecular weight is 331 g/mol. The van der Waals surface area contributed by atoms with Gasteiger partial charge in [-0.2, -0.15) is 0 Å². The lowest BCUT2D eigenvalue weighted by atomic mass is 10.1. The first kappa shape index (κ1) is 16.6. The Balaban J connectivity index is 1.69. The highest BCUT2D eigenvalue weighted by Crippen LogP contribution is 2.34. The number of aromatic nitrogens is 3. The van der Waals surface area contributed by atoms with Gasteiger partial charge in [-0.25, -0.2) is 14.1 Å². The first-order valence-corrected chi connectivity index (χ1v) is 8.10. The number of nitrogens with zero attached hydrogens (tertiary/aromatic N) is 4. The second-order valence-electron chi connectivity index (χ2n) is 6.45. The molecule has 1 saturated carbocycles. The highest BCUT2D eigenvalue weighted by Gasteiger charge is 2.33. The Labute approximate surface area is 140 Å². The Morgan fingerprint density at radius 2 is 2.04 bits per heavy atom. The number of benzene rings is 1. The minimum absolute atomic E-state index is 0.130. The van der Waals surface area contributed by atoms with Crippen molar-refractivity contribution in [3.05, 3.63) is 41.7 Å². The molecule has 1 aromatic heterocycles. The van der Waals surface area contributed by atoms with Crippen LogP contribution in [0.2, 0.25) is 0 Å². The molecule has 0 radical (unpaired) electrons. The molecule has 1 heterocycles. The van der Waals surface area contributed by atoms with Crippen LogP contribution in [0, 0.1) is 18.7 Å². The first-order chi connectivity index (χ1) is 11.5. The molecule has 6 nitrogen and oxygen atoms in total. The smallest absolute Gasteiger partial charge is 0.291 e. The van der Waals surface area contributed by atoms with Crippen LogP contribution in [0.15, 0.2) is 24.3 Å². The number of aryl methyl sites for hydroxylation is 1. The van der Waals surface area contributed by atoms with E-state index in [0.717, 1.165) is 0 Å². The fraction of sp³-hybridized carbons (Fsp3) is 0.471. The summed E-state index contributed by atoms with van der Waals surface area (Å²) in [7, 11) is 4.06. The van der Waals surface area contributed by atoms with E-state index < -0.39 is 0 Å². The van der Waals surface area contributed by atoms with Gasteiger partial charge >= 0.3 is 0 Å². The van der Waals surface area contributed by atoms with Gasteiger partial charge in [-0.3, -0.25) is 4.79 Å². The van der Waals surface area contributed by atoms with Gasteiger partial charge in [0.2, 0.25) is 5.82 Å². The van der Waals surface area contributed by atoms with Crippen molar-refractivity contribution >= 4 is 5.91 Å². The highest BCUT2D eigenvalue weighted by molar-refractivity contribution is 5.90. The third kappa shape index (κ3) is 3.62. The lowest BCUT2D eigenvalue weighted by Gasteiger charge is -2.24. The number of likely N-dealkylation sites (N-methyl/N-ethyl adjacent to an activating group) is 1. The lowest BCUT2D eigenvalue weighted by molar-refractivity contribution is 0.0928. The van der Waals surface area contributed by atoms with Gasteiger partial charge < -0.3 is 10.2 Å². The molecule has 1 fully saturated rings. The fourth-order valence-electron chi connectivity index (χ4n) is 2.84. The van der Waals surface area contributed by atoms with Crippen LogP contribution in [0.1, 0.15) is 29.3 Å². The Morgan fingerprint density at radius 3 is 2.62 bits per heavy atom. The van der Waals surface area contributed by atoms with E-state index in [4.69, 9.17) is 0 Å². The van der Waals surface area contributed by atoms with Crippen LogP contribution < -0.4 is 5.32 Å². The highest BCUT2D eigenvalue weighted by atomic mass is 19.1. The first-order valence-electron chi connectivity index (χ1n) is 8.10. The molecule has 1 N–H and O–H groups in total. The second-order valence-corrected chi connectivity index (χ2v) is 6.45. The maximum Gasteiger partial charge on any atom is 0.291 e. The van der Waals surface area contributed by atoms with Crippen LogP contribution in [0.25, 0.3) is 5.69 Å². The number of nitrogens with one attached hydrogen (secondary N) is 1. The molecule has 3 rings (SSSR count). The summed E-state index contributed by atoms with van der Waals surface area (Å²) in [4.78, 5) is 18.7. The Hall–Kier alpha value is -2.28. The van der Waals surface area contributed by atoms with Crippen molar-refractivity contribution in [2.24, 2.45) is 5.92 Å². The molecule has 0 aliphatic heterocycles. The minimum atomic E-state index is -0.315. The van der Waals surface area contributed by atoms with Gasteiger partial charge in [0.15, 0.2) is 0 Å². The van der Waals surface area contributed by atoms with Gasteiger partial charge in [-0.1, -0.05) is 0 Å². The maximum atomic E-state index is 13.0. The summed E-state index contributed by atoms with van der Waals surface area (Å²) in [6.45, 7) is 2.35. The molecule has 7 heteroatoms. The Kier molecular flexibility index (Phi) is 4.62. The lowest BCUT2D eigenvalue weighted by Crippen LogP contribution is -2.41. The number of carbonyl (C=O) groups is 1. The molecule has 0 saturated heterocycles. The summed E-state index contributed by atoms with van der Waals surface area (Å²) in [5.41, 5.74) is 0.671. The third-order valence-corrected chi connectivity index (χ3v) is 4.34. The number of carbonyl (C=O) groups excluding carboxylic acids is 1. The number of amides is 1. The molecule has 1 amide bonds. The van der Waals surface area contributed by atoms with Crippen LogP contribution in [0.3, 0.4) is 0 Å². The zero-order chi connectivity index (χ0) is 17.3. The molecule has 1 aliphatic rings. The molecule has 1 aromatic carbocycles. The average Bonchev–Trinajstić information content (AvgIpc) is 3.30. The molecule has 0 bridgehead atoms. The van der Waals surface area contributed by atoms with E-state index in [1.807, 2.05) is 14.1 Å². The van der Waals surface area contributed by atoms with Crippen LogP contribution >= 0.6 is 0 Å². The van der Waals surface area contributed by atoms with Crippen molar-refractivity contribution in [2.45, 2.75) is 25.8 Å². The van der Waals surface area contributed by atoms with Crippen molar-refractivity contribution in [2.75, 3.05) is 20.6 Å². The maximum absolute atomic E-state index is 13.0. The number of hydrogen-bond acceptors (Lipinski definition) is 4. The standard InChI is InChI=1S/C17H22FN5O/c1-11-20-16(21-23(11)14-8-6-13(18)7-9-14)17(24)19-10-15(22(2)3)12-4-5-12/h6-9,12,15H,4-5,10H2,1-3H3,(H,19,24)/t15-/m0/s1. The van der Waals surface area contributed by atoms with Crippen LogP contribution in [0.4, 0.5) is 4.39 Å². The summed E-state index contributed by atoms with van der Waals surface area (Å²) >= 11 is 0. The van der Waals surface area contributed by atoms with Crippen molar-refractivity contribution in [3.8, 4) is 5.69 Å². The van der Waals surface area contributed by atoms with Gasteiger partial charge in [-0.05, 0) is 64.0 Å². The fourth-order valence-corrected chi connectivity index (χ4v) is 2.84. The second kappa shape index (κ2) is 6.68. The monoisotopic (exact) mass is 331 g/mol. The summed E-state index contributed by atoms with van der Waals surface area (Å²) in [6, 6.07) is 6.26. The predicted molar refractivity (Wildman–Crippen MR) is 88.6 cm³/mol. The quantitative estimate of drug-likeness (QED) is 0.876. The summed E-state index contributed by atoms with van der Waals surface area (Å²) in [6.07, 6.45) is 2.44. The Bertz CT molecular complexity index is 719. The van der Waals surface area contributed by atoms with Gasteiger partial charge in [0.1, 0.15) is 11.6 Å². The number of hydrogen-bond donors (Lipinski definition) is 1. The van der Waals surface area contributed by atoms with Crippen molar-refractivity contribution < 1.29 is 9.18 Å². The van der Waals surface area contributed by atoms with Crippen LogP contribution in [0.5, 0.6) is 0 Å². The van der Waals surface area contributed by atoms with E-state index in [9.17, 15) is 9.18 Å². The molecular weight excluding hydrogens is 309 g/mol. The molecule has 24 heavy (non-hydrogen) atoms. The molecule has 2 aromatic rings. The summed E-state index contributed by atoms with van der Waals surface area (Å²) < 4.78 is 14.6. The normalized spacial score (nSPS) is 15.5. The largest absolute Gasteiger partial charge is 0.348 e. The van der Waals surface area contributed by atoms with Crippen LogP contribution in [-0.4, -0.2) is 52.3 Å². The van der Waals surface area contributed by atoms with E-state index in [0.29, 0.717) is 30.0 Å². The molecule has 1 atom stereocenters. The number of halogens is 1. The minimum Gasteiger partial charge on any atom is -0.348 e. The molecule has 0 unspecified atom stereocenters. The SMILES string of the molecule is Cc1nc(C(=O)NC[C@@H](C2CC2)N(C)C)nn1-c1ccc(F)cc1.